The first-order valence-electron chi connectivity index (χ1n) is 7.83. The lowest BCUT2D eigenvalue weighted by atomic mass is 10.1. The normalized spacial score (nSPS) is 12.5. The van der Waals surface area contributed by atoms with Crippen LogP contribution in [-0.2, 0) is 14.8 Å². The van der Waals surface area contributed by atoms with Crippen LogP contribution in [0, 0.1) is 13.8 Å². The Morgan fingerprint density at radius 1 is 1.08 bits per heavy atom. The van der Waals surface area contributed by atoms with Crippen molar-refractivity contribution in [3.8, 4) is 0 Å². The predicted molar refractivity (Wildman–Crippen MR) is 108 cm³/mol. The molecule has 0 bridgehead atoms. The molecule has 0 saturated carbocycles. The van der Waals surface area contributed by atoms with E-state index >= 15 is 0 Å². The van der Waals surface area contributed by atoms with Crippen molar-refractivity contribution in [1.82, 2.24) is 0 Å². The van der Waals surface area contributed by atoms with E-state index in [0.717, 1.165) is 21.7 Å². The van der Waals surface area contributed by atoms with Crippen LogP contribution in [-0.4, -0.2) is 26.6 Å². The average Bonchev–Trinajstić information content (AvgIpc) is 2.53. The molecule has 0 spiro atoms. The predicted octanol–water partition coefficient (Wildman–Crippen LogP) is 4.40. The number of amides is 1. The van der Waals surface area contributed by atoms with Crippen LogP contribution < -0.4 is 9.62 Å². The quantitative estimate of drug-likeness (QED) is 0.787. The summed E-state index contributed by atoms with van der Waals surface area (Å²) >= 11 is 11.8. The van der Waals surface area contributed by atoms with Crippen LogP contribution in [0.5, 0.6) is 0 Å². The molecule has 0 unspecified atom stereocenters. The number of benzene rings is 2. The molecule has 0 radical (unpaired) electrons. The maximum Gasteiger partial charge on any atom is 0.247 e. The van der Waals surface area contributed by atoms with Gasteiger partial charge in [0.1, 0.15) is 6.04 Å². The van der Waals surface area contributed by atoms with E-state index in [1.807, 2.05) is 19.1 Å². The van der Waals surface area contributed by atoms with Crippen LogP contribution in [0.15, 0.2) is 36.4 Å². The fraction of sp³-hybridized carbons (Fsp3) is 0.278. The minimum absolute atomic E-state index is 0.298. The maximum atomic E-state index is 12.7. The number of sulfonamides is 1. The van der Waals surface area contributed by atoms with Crippen LogP contribution in [0.1, 0.15) is 18.1 Å². The number of halogens is 2. The van der Waals surface area contributed by atoms with Gasteiger partial charge in [-0.1, -0.05) is 35.3 Å². The number of aryl methyl sites for hydroxylation is 2. The van der Waals surface area contributed by atoms with Gasteiger partial charge in [-0.05, 0) is 56.2 Å². The fourth-order valence-corrected chi connectivity index (χ4v) is 4.08. The van der Waals surface area contributed by atoms with Crippen molar-refractivity contribution in [2.45, 2.75) is 26.8 Å². The lowest BCUT2D eigenvalue weighted by Crippen LogP contribution is -2.45. The Bertz CT molecular complexity index is 945. The second kappa shape index (κ2) is 7.86. The largest absolute Gasteiger partial charge is 0.324 e. The van der Waals surface area contributed by atoms with Crippen LogP contribution in [0.25, 0.3) is 0 Å². The van der Waals surface area contributed by atoms with E-state index in [1.165, 1.54) is 13.0 Å². The Morgan fingerprint density at radius 2 is 1.73 bits per heavy atom. The molecule has 0 saturated heterocycles. The van der Waals surface area contributed by atoms with Crippen LogP contribution in [0.4, 0.5) is 11.4 Å². The van der Waals surface area contributed by atoms with E-state index in [1.54, 1.807) is 25.1 Å². The number of carbonyl (C=O) groups excluding carboxylic acids is 1. The molecule has 2 rings (SSSR count). The van der Waals surface area contributed by atoms with Crippen molar-refractivity contribution in [1.29, 1.82) is 0 Å². The summed E-state index contributed by atoms with van der Waals surface area (Å²) in [7, 11) is -3.68. The summed E-state index contributed by atoms with van der Waals surface area (Å²) in [6, 6.07) is 9.17. The topological polar surface area (TPSA) is 66.5 Å². The molecule has 1 atom stereocenters. The van der Waals surface area contributed by atoms with Gasteiger partial charge in [0.25, 0.3) is 0 Å². The third kappa shape index (κ3) is 4.69. The van der Waals surface area contributed by atoms with Crippen LogP contribution >= 0.6 is 23.2 Å². The SMILES string of the molecule is Cc1ccc(C)c(N([C@H](C)C(=O)Nc2ccc(Cl)c(Cl)c2)S(C)(=O)=O)c1. The Balaban J connectivity index is 2.37. The first-order chi connectivity index (χ1) is 12.0. The van der Waals surface area contributed by atoms with Gasteiger partial charge in [0.15, 0.2) is 0 Å². The van der Waals surface area contributed by atoms with Crippen molar-refractivity contribution < 1.29 is 13.2 Å². The Hall–Kier alpha value is -1.76. The van der Waals surface area contributed by atoms with Crippen molar-refractivity contribution in [3.63, 3.8) is 0 Å². The van der Waals surface area contributed by atoms with E-state index < -0.39 is 22.0 Å². The molecule has 5 nitrogen and oxygen atoms in total. The highest BCUT2D eigenvalue weighted by Crippen LogP contribution is 2.28. The number of rotatable bonds is 5. The summed E-state index contributed by atoms with van der Waals surface area (Å²) in [5.41, 5.74) is 2.57. The molecule has 8 heteroatoms. The van der Waals surface area contributed by atoms with Crippen LogP contribution in [0.2, 0.25) is 10.0 Å². The first-order valence-corrected chi connectivity index (χ1v) is 10.4. The molecular weight excluding hydrogens is 395 g/mol. The van der Waals surface area contributed by atoms with Gasteiger partial charge in [0, 0.05) is 5.69 Å². The number of hydrogen-bond donors (Lipinski definition) is 1. The Morgan fingerprint density at radius 3 is 2.31 bits per heavy atom. The summed E-state index contributed by atoms with van der Waals surface area (Å²) in [6.07, 6.45) is 1.08. The summed E-state index contributed by atoms with van der Waals surface area (Å²) in [4.78, 5) is 12.7. The highest BCUT2D eigenvalue weighted by atomic mass is 35.5. The standard InChI is InChI=1S/C18H20Cl2N2O3S/c1-11-5-6-12(2)17(9-11)22(26(4,24)25)13(3)18(23)21-14-7-8-15(19)16(20)10-14/h5-10,13H,1-4H3,(H,21,23)/t13-/m1/s1. The Labute approximate surface area is 164 Å². The number of anilines is 2. The van der Waals surface area contributed by atoms with Gasteiger partial charge in [0.2, 0.25) is 15.9 Å². The molecule has 0 aliphatic rings. The van der Waals surface area contributed by atoms with Crippen molar-refractivity contribution in [2.75, 3.05) is 15.9 Å². The molecule has 0 heterocycles. The van der Waals surface area contributed by atoms with E-state index in [4.69, 9.17) is 23.2 Å². The summed E-state index contributed by atoms with van der Waals surface area (Å²) in [5.74, 6) is -0.477. The van der Waals surface area contributed by atoms with E-state index in [2.05, 4.69) is 5.32 Å². The monoisotopic (exact) mass is 414 g/mol. The number of hydrogen-bond acceptors (Lipinski definition) is 3. The van der Waals surface area contributed by atoms with Gasteiger partial charge in [0.05, 0.1) is 22.0 Å². The van der Waals surface area contributed by atoms with Gasteiger partial charge in [-0.25, -0.2) is 8.42 Å². The van der Waals surface area contributed by atoms with Gasteiger partial charge in [-0.2, -0.15) is 0 Å². The van der Waals surface area contributed by atoms with Gasteiger partial charge >= 0.3 is 0 Å². The van der Waals surface area contributed by atoms with Gasteiger partial charge < -0.3 is 5.32 Å². The molecule has 2 aromatic carbocycles. The lowest BCUT2D eigenvalue weighted by Gasteiger charge is -2.29. The minimum atomic E-state index is -3.68. The molecule has 0 aromatic heterocycles. The zero-order chi connectivity index (χ0) is 19.6. The lowest BCUT2D eigenvalue weighted by molar-refractivity contribution is -0.116. The number of nitrogens with one attached hydrogen (secondary N) is 1. The highest BCUT2D eigenvalue weighted by molar-refractivity contribution is 7.92. The number of nitrogens with zero attached hydrogens (tertiary/aromatic N) is 1. The molecule has 2 aromatic rings. The van der Waals surface area contributed by atoms with Gasteiger partial charge in [-0.3, -0.25) is 9.10 Å². The minimum Gasteiger partial charge on any atom is -0.324 e. The highest BCUT2D eigenvalue weighted by Gasteiger charge is 2.30. The van der Waals surface area contributed by atoms with E-state index in [9.17, 15) is 13.2 Å². The molecule has 1 N–H and O–H groups in total. The second-order valence-corrected chi connectivity index (χ2v) is 8.82. The van der Waals surface area contributed by atoms with Crippen LogP contribution in [0.3, 0.4) is 0 Å². The zero-order valence-electron chi connectivity index (χ0n) is 14.9. The van der Waals surface area contributed by atoms with Crippen molar-refractivity contribution in [2.24, 2.45) is 0 Å². The summed E-state index contributed by atoms with van der Waals surface area (Å²) < 4.78 is 25.9. The average molecular weight is 415 g/mol. The van der Waals surface area contributed by atoms with Crippen molar-refractivity contribution >= 4 is 50.5 Å². The molecular formula is C18H20Cl2N2O3S. The smallest absolute Gasteiger partial charge is 0.247 e. The Kier molecular flexibility index (Phi) is 6.21. The third-order valence-corrected chi connectivity index (χ3v) is 5.84. The molecule has 0 aliphatic carbocycles. The second-order valence-electron chi connectivity index (χ2n) is 6.14. The number of carbonyl (C=O) groups is 1. The third-order valence-electron chi connectivity index (χ3n) is 3.88. The summed E-state index contributed by atoms with van der Waals surface area (Å²) in [6.45, 7) is 5.20. The molecule has 0 aliphatic heterocycles. The first kappa shape index (κ1) is 20.6. The molecule has 1 amide bonds. The van der Waals surface area contributed by atoms with E-state index in [0.29, 0.717) is 21.4 Å². The van der Waals surface area contributed by atoms with Crippen molar-refractivity contribution in [3.05, 3.63) is 57.6 Å². The van der Waals surface area contributed by atoms with Gasteiger partial charge in [-0.15, -0.1) is 0 Å². The molecule has 26 heavy (non-hydrogen) atoms. The fourth-order valence-electron chi connectivity index (χ4n) is 2.56. The van der Waals surface area contributed by atoms with E-state index in [-0.39, 0.29) is 0 Å². The maximum absolute atomic E-state index is 12.7. The molecule has 0 fully saturated rings. The summed E-state index contributed by atoms with van der Waals surface area (Å²) in [5, 5.41) is 3.34. The zero-order valence-corrected chi connectivity index (χ0v) is 17.2. The molecule has 140 valence electrons.